The van der Waals surface area contributed by atoms with Crippen LogP contribution in [-0.4, -0.2) is 13.7 Å². The Labute approximate surface area is 91.4 Å². The molecule has 0 aliphatic heterocycles. The molecular weight excluding hydrogens is 186 g/mol. The Morgan fingerprint density at radius 3 is 2.60 bits per heavy atom. The number of ether oxygens (including phenoxy) is 1. The maximum Gasteiger partial charge on any atom is 0.102 e. The van der Waals surface area contributed by atoms with Crippen LogP contribution in [0, 0.1) is 0 Å². The van der Waals surface area contributed by atoms with Gasteiger partial charge in [-0.15, -0.1) is 0 Å². The topological polar surface area (TPSA) is 35.2 Å². The summed E-state index contributed by atoms with van der Waals surface area (Å²) in [7, 11) is 1.73. The van der Waals surface area contributed by atoms with E-state index in [1.807, 2.05) is 0 Å². The molecule has 2 heteroatoms. The number of hydrogen-bond acceptors (Lipinski definition) is 2. The first kappa shape index (κ1) is 10.7. The monoisotopic (exact) mass is 205 g/mol. The first-order chi connectivity index (χ1) is 7.21. The van der Waals surface area contributed by atoms with Crippen molar-refractivity contribution in [1.82, 2.24) is 0 Å². The van der Waals surface area contributed by atoms with Crippen molar-refractivity contribution in [1.29, 1.82) is 0 Å². The summed E-state index contributed by atoms with van der Waals surface area (Å²) in [6.07, 6.45) is 2.61. The summed E-state index contributed by atoms with van der Waals surface area (Å²) in [6.45, 7) is 2.58. The van der Waals surface area contributed by atoms with Crippen molar-refractivity contribution in [3.8, 4) is 0 Å². The van der Waals surface area contributed by atoms with E-state index >= 15 is 0 Å². The molecule has 2 N–H and O–H groups in total. The molecule has 1 unspecified atom stereocenters. The molecule has 0 radical (unpaired) electrons. The minimum Gasteiger partial charge on any atom is -0.372 e. The Morgan fingerprint density at radius 1 is 1.40 bits per heavy atom. The van der Waals surface area contributed by atoms with Crippen LogP contribution in [0.3, 0.4) is 0 Å². The lowest BCUT2D eigenvalue weighted by molar-refractivity contribution is 0.00934. The van der Waals surface area contributed by atoms with Gasteiger partial charge in [-0.1, -0.05) is 24.3 Å². The summed E-state index contributed by atoms with van der Waals surface area (Å²) in [5, 5.41) is 0. The van der Waals surface area contributed by atoms with Crippen molar-refractivity contribution in [2.24, 2.45) is 5.73 Å². The Hall–Kier alpha value is -0.860. The van der Waals surface area contributed by atoms with Crippen molar-refractivity contribution < 1.29 is 4.74 Å². The zero-order chi connectivity index (χ0) is 10.9. The van der Waals surface area contributed by atoms with E-state index in [1.165, 1.54) is 24.0 Å². The fraction of sp³-hybridized carbons (Fsp3) is 0.538. The van der Waals surface area contributed by atoms with Gasteiger partial charge in [0.1, 0.15) is 5.60 Å². The average Bonchev–Trinajstić information content (AvgIpc) is 3.12. The van der Waals surface area contributed by atoms with E-state index < -0.39 is 0 Å². The molecule has 1 aliphatic carbocycles. The van der Waals surface area contributed by atoms with Gasteiger partial charge in [-0.3, -0.25) is 0 Å². The normalized spacial score (nSPS) is 19.9. The maximum absolute atomic E-state index is 5.81. The van der Waals surface area contributed by atoms with Crippen LogP contribution in [0.2, 0.25) is 0 Å². The highest BCUT2D eigenvalue weighted by Gasteiger charge is 2.33. The molecule has 1 atom stereocenters. The summed E-state index contributed by atoms with van der Waals surface area (Å²) >= 11 is 0. The molecule has 1 aromatic carbocycles. The lowest BCUT2D eigenvalue weighted by Crippen LogP contribution is -2.34. The third kappa shape index (κ3) is 1.92. The Bertz CT molecular complexity index is 340. The van der Waals surface area contributed by atoms with Crippen LogP contribution in [0.5, 0.6) is 0 Å². The van der Waals surface area contributed by atoms with Gasteiger partial charge in [0.05, 0.1) is 0 Å². The smallest absolute Gasteiger partial charge is 0.102 e. The molecule has 0 saturated heterocycles. The van der Waals surface area contributed by atoms with E-state index in [0.29, 0.717) is 6.54 Å². The second-order valence-electron chi connectivity index (χ2n) is 4.50. The van der Waals surface area contributed by atoms with Gasteiger partial charge in [-0.05, 0) is 36.8 Å². The number of methoxy groups -OCH3 is 1. The number of benzene rings is 1. The number of nitrogens with two attached hydrogens (primary N) is 1. The van der Waals surface area contributed by atoms with E-state index in [4.69, 9.17) is 10.5 Å². The molecule has 0 spiro atoms. The molecule has 1 fully saturated rings. The first-order valence-electron chi connectivity index (χ1n) is 5.56. The van der Waals surface area contributed by atoms with Crippen LogP contribution in [0.1, 0.15) is 36.8 Å². The van der Waals surface area contributed by atoms with Crippen LogP contribution < -0.4 is 5.73 Å². The maximum atomic E-state index is 5.81. The highest BCUT2D eigenvalue weighted by molar-refractivity contribution is 5.37. The van der Waals surface area contributed by atoms with Gasteiger partial charge in [0, 0.05) is 13.7 Å². The molecule has 0 aromatic heterocycles. The molecule has 2 nitrogen and oxygen atoms in total. The fourth-order valence-corrected chi connectivity index (χ4v) is 2.03. The van der Waals surface area contributed by atoms with Gasteiger partial charge < -0.3 is 10.5 Å². The molecule has 1 aliphatic rings. The molecule has 15 heavy (non-hydrogen) atoms. The zero-order valence-electron chi connectivity index (χ0n) is 9.49. The zero-order valence-corrected chi connectivity index (χ0v) is 9.49. The van der Waals surface area contributed by atoms with Gasteiger partial charge in [-0.25, -0.2) is 0 Å². The lowest BCUT2D eigenvalue weighted by atomic mass is 9.89. The van der Waals surface area contributed by atoms with Crippen LogP contribution in [-0.2, 0) is 10.3 Å². The van der Waals surface area contributed by atoms with Gasteiger partial charge in [0.2, 0.25) is 0 Å². The van der Waals surface area contributed by atoms with Crippen LogP contribution in [0.4, 0.5) is 0 Å². The molecule has 2 rings (SSSR count). The molecular formula is C13H19NO. The van der Waals surface area contributed by atoms with E-state index in [0.717, 1.165) is 5.92 Å². The highest BCUT2D eigenvalue weighted by Crippen LogP contribution is 2.44. The van der Waals surface area contributed by atoms with Crippen LogP contribution in [0.25, 0.3) is 0 Å². The van der Waals surface area contributed by atoms with E-state index in [2.05, 4.69) is 31.2 Å². The molecule has 0 bridgehead atoms. The SMILES string of the molecule is COC(C)(CN)c1ccccc1C1CC1. The average molecular weight is 205 g/mol. The quantitative estimate of drug-likeness (QED) is 0.819. The third-order valence-electron chi connectivity index (χ3n) is 3.39. The summed E-state index contributed by atoms with van der Waals surface area (Å²) in [5.41, 5.74) is 8.16. The second-order valence-corrected chi connectivity index (χ2v) is 4.50. The number of rotatable bonds is 4. The van der Waals surface area contributed by atoms with Gasteiger partial charge in [0.15, 0.2) is 0 Å². The van der Waals surface area contributed by atoms with E-state index in [1.54, 1.807) is 7.11 Å². The predicted molar refractivity (Wildman–Crippen MR) is 61.8 cm³/mol. The molecule has 1 saturated carbocycles. The Morgan fingerprint density at radius 2 is 2.07 bits per heavy atom. The van der Waals surface area contributed by atoms with Crippen LogP contribution in [0.15, 0.2) is 24.3 Å². The second kappa shape index (κ2) is 3.95. The third-order valence-corrected chi connectivity index (χ3v) is 3.39. The largest absolute Gasteiger partial charge is 0.372 e. The molecule has 0 amide bonds. The Kier molecular flexibility index (Phi) is 2.81. The minimum absolute atomic E-state index is 0.334. The molecule has 0 heterocycles. The molecule has 1 aromatic rings. The fourth-order valence-electron chi connectivity index (χ4n) is 2.03. The molecule has 82 valence electrons. The van der Waals surface area contributed by atoms with Crippen molar-refractivity contribution in [2.75, 3.05) is 13.7 Å². The highest BCUT2D eigenvalue weighted by atomic mass is 16.5. The van der Waals surface area contributed by atoms with Gasteiger partial charge in [-0.2, -0.15) is 0 Å². The van der Waals surface area contributed by atoms with Gasteiger partial charge in [0.25, 0.3) is 0 Å². The Balaban J connectivity index is 2.41. The van der Waals surface area contributed by atoms with Crippen molar-refractivity contribution in [3.63, 3.8) is 0 Å². The van der Waals surface area contributed by atoms with Gasteiger partial charge >= 0.3 is 0 Å². The summed E-state index contributed by atoms with van der Waals surface area (Å²) < 4.78 is 5.57. The summed E-state index contributed by atoms with van der Waals surface area (Å²) in [4.78, 5) is 0. The lowest BCUT2D eigenvalue weighted by Gasteiger charge is -2.29. The predicted octanol–water partition coefficient (Wildman–Crippen LogP) is 2.38. The summed E-state index contributed by atoms with van der Waals surface area (Å²) in [5.74, 6) is 0.738. The first-order valence-corrected chi connectivity index (χ1v) is 5.56. The minimum atomic E-state index is -0.334. The van der Waals surface area contributed by atoms with Crippen LogP contribution >= 0.6 is 0 Å². The van der Waals surface area contributed by atoms with Crippen molar-refractivity contribution in [2.45, 2.75) is 31.3 Å². The number of hydrogen-bond donors (Lipinski definition) is 1. The standard InChI is InChI=1S/C13H19NO/c1-13(9-14,15-2)12-6-4-3-5-11(12)10-7-8-10/h3-6,10H,7-9,14H2,1-2H3. The van der Waals surface area contributed by atoms with E-state index in [9.17, 15) is 0 Å². The van der Waals surface area contributed by atoms with Crippen molar-refractivity contribution >= 4 is 0 Å². The van der Waals surface area contributed by atoms with Crippen molar-refractivity contribution in [3.05, 3.63) is 35.4 Å². The van der Waals surface area contributed by atoms with E-state index in [-0.39, 0.29) is 5.60 Å². The summed E-state index contributed by atoms with van der Waals surface area (Å²) in [6, 6.07) is 8.52.